The van der Waals surface area contributed by atoms with Crippen LogP contribution in [-0.4, -0.2) is 11.1 Å². The monoisotopic (exact) mass is 151 g/mol. The van der Waals surface area contributed by atoms with Crippen LogP contribution in [-0.2, 0) is 0 Å². The maximum Gasteiger partial charge on any atom is 0.0855 e. The largest absolute Gasteiger partial charge is 0.274 e. The van der Waals surface area contributed by atoms with Gasteiger partial charge < -0.3 is 0 Å². The van der Waals surface area contributed by atoms with Crippen molar-refractivity contribution in [2.75, 3.05) is 0 Å². The zero-order valence-corrected chi connectivity index (χ0v) is 6.69. The van der Waals surface area contributed by atoms with Crippen LogP contribution in [0.3, 0.4) is 0 Å². The number of hydrogen-bond acceptors (Lipinski definition) is 2. The van der Waals surface area contributed by atoms with E-state index in [0.717, 1.165) is 6.42 Å². The summed E-state index contributed by atoms with van der Waals surface area (Å²) >= 11 is 1.81. The first kappa shape index (κ1) is 6.23. The Hall–Kier alpha value is -0.500. The maximum atomic E-state index is 4.47. The molecule has 0 saturated heterocycles. The molecule has 0 aromatic heterocycles. The van der Waals surface area contributed by atoms with E-state index in [-0.39, 0.29) is 0 Å². The van der Waals surface area contributed by atoms with Crippen LogP contribution in [0.25, 0.3) is 0 Å². The van der Waals surface area contributed by atoms with E-state index >= 15 is 0 Å². The average molecular weight is 151 g/mol. The molecule has 0 amide bonds. The van der Waals surface area contributed by atoms with Crippen molar-refractivity contribution >= 4 is 16.8 Å². The van der Waals surface area contributed by atoms with E-state index < -0.39 is 0 Å². The van der Waals surface area contributed by atoms with Gasteiger partial charge >= 0.3 is 0 Å². The molecule has 1 aliphatic heterocycles. The van der Waals surface area contributed by atoms with Crippen molar-refractivity contribution in [3.05, 3.63) is 23.1 Å². The van der Waals surface area contributed by atoms with Crippen molar-refractivity contribution in [1.29, 1.82) is 0 Å². The lowest BCUT2D eigenvalue weighted by Gasteiger charge is -2.07. The van der Waals surface area contributed by atoms with Gasteiger partial charge in [-0.05, 0) is 13.3 Å². The highest BCUT2D eigenvalue weighted by Gasteiger charge is 2.21. The molecule has 0 radical (unpaired) electrons. The Kier molecular flexibility index (Phi) is 1.42. The fraction of sp³-hybridized carbons (Fsp3) is 0.375. The lowest BCUT2D eigenvalue weighted by molar-refractivity contribution is 0.825. The summed E-state index contributed by atoms with van der Waals surface area (Å²) in [4.78, 5) is 5.89. The van der Waals surface area contributed by atoms with Gasteiger partial charge in [0.05, 0.1) is 11.1 Å². The van der Waals surface area contributed by atoms with Crippen LogP contribution in [0, 0.1) is 0 Å². The van der Waals surface area contributed by atoms with Crippen molar-refractivity contribution in [3.63, 3.8) is 0 Å². The van der Waals surface area contributed by atoms with Crippen LogP contribution in [0.1, 0.15) is 13.3 Å². The summed E-state index contributed by atoms with van der Waals surface area (Å²) in [6.07, 6.45) is 7.55. The van der Waals surface area contributed by atoms with Gasteiger partial charge in [0.15, 0.2) is 0 Å². The smallest absolute Gasteiger partial charge is 0.0855 e. The number of allylic oxidation sites excluding steroid dienone is 2. The van der Waals surface area contributed by atoms with Gasteiger partial charge in [-0.25, -0.2) is 0 Å². The Morgan fingerprint density at radius 3 is 3.40 bits per heavy atom. The summed E-state index contributed by atoms with van der Waals surface area (Å²) in [6.45, 7) is 2.07. The zero-order chi connectivity index (χ0) is 6.97. The van der Waals surface area contributed by atoms with Gasteiger partial charge in [-0.2, -0.15) is 0 Å². The molecule has 2 aliphatic rings. The molecule has 0 spiro atoms. The molecular weight excluding hydrogens is 142 g/mol. The summed E-state index contributed by atoms with van der Waals surface area (Å²) in [6, 6.07) is 0.468. The van der Waals surface area contributed by atoms with Gasteiger partial charge in [-0.3, -0.25) is 4.99 Å². The summed E-state index contributed by atoms with van der Waals surface area (Å²) < 4.78 is 0. The second kappa shape index (κ2) is 2.27. The van der Waals surface area contributed by atoms with Crippen molar-refractivity contribution in [3.8, 4) is 0 Å². The molecule has 0 saturated carbocycles. The molecule has 1 aliphatic carbocycles. The highest BCUT2D eigenvalue weighted by Crippen LogP contribution is 2.34. The van der Waals surface area contributed by atoms with Gasteiger partial charge in [0.25, 0.3) is 0 Å². The third-order valence-corrected chi connectivity index (χ3v) is 2.73. The fourth-order valence-electron chi connectivity index (χ4n) is 1.23. The van der Waals surface area contributed by atoms with Gasteiger partial charge in [-0.15, -0.1) is 0 Å². The quantitative estimate of drug-likeness (QED) is 0.517. The van der Waals surface area contributed by atoms with Crippen LogP contribution in [0.5, 0.6) is 0 Å². The second-order valence-corrected chi connectivity index (χ2v) is 3.77. The summed E-state index contributed by atoms with van der Waals surface area (Å²) in [5.41, 5.74) is 0. The Labute approximate surface area is 64.9 Å². The van der Waals surface area contributed by atoms with Gasteiger partial charge in [0.2, 0.25) is 0 Å². The summed E-state index contributed by atoms with van der Waals surface area (Å²) in [5.74, 6) is 0. The van der Waals surface area contributed by atoms with Gasteiger partial charge in [-0.1, -0.05) is 30.0 Å². The molecule has 2 rings (SSSR count). The first-order chi connectivity index (χ1) is 4.86. The number of hydrogen-bond donors (Lipinski definition) is 0. The highest BCUT2D eigenvalue weighted by atomic mass is 32.2. The Morgan fingerprint density at radius 2 is 2.60 bits per heavy atom. The molecule has 52 valence electrons. The molecule has 2 heteroatoms. The molecule has 0 aromatic carbocycles. The van der Waals surface area contributed by atoms with Crippen LogP contribution < -0.4 is 0 Å². The Morgan fingerprint density at radius 1 is 1.70 bits per heavy atom. The van der Waals surface area contributed by atoms with Crippen LogP contribution in [0.15, 0.2) is 28.1 Å². The molecule has 1 nitrogen and oxygen atoms in total. The van der Waals surface area contributed by atoms with E-state index in [2.05, 4.69) is 30.1 Å². The van der Waals surface area contributed by atoms with Crippen molar-refractivity contribution in [2.45, 2.75) is 19.4 Å². The summed E-state index contributed by atoms with van der Waals surface area (Å²) in [7, 11) is 0. The van der Waals surface area contributed by atoms with Crippen molar-refractivity contribution < 1.29 is 0 Å². The van der Waals surface area contributed by atoms with Crippen molar-refractivity contribution in [2.24, 2.45) is 4.99 Å². The second-order valence-electron chi connectivity index (χ2n) is 2.50. The average Bonchev–Trinajstić information content (AvgIpc) is 2.27. The molecule has 0 fully saturated rings. The molecule has 10 heavy (non-hydrogen) atoms. The molecule has 0 N–H and O–H groups in total. The number of fused-ring (bicyclic) bond motifs is 1. The number of aliphatic imine (C=N–C) groups is 1. The molecule has 1 unspecified atom stereocenters. The first-order valence-electron chi connectivity index (χ1n) is 3.45. The Balaban J connectivity index is 2.28. The molecule has 1 atom stereocenters. The molecule has 1 heterocycles. The van der Waals surface area contributed by atoms with E-state index in [1.807, 2.05) is 11.8 Å². The summed E-state index contributed by atoms with van der Waals surface area (Å²) in [5, 5.41) is 1.21. The predicted molar refractivity (Wildman–Crippen MR) is 46.3 cm³/mol. The van der Waals surface area contributed by atoms with E-state index in [4.69, 9.17) is 0 Å². The van der Waals surface area contributed by atoms with Gasteiger partial charge in [0.1, 0.15) is 0 Å². The SMILES string of the molecule is CC1=NC2CC=CC=C2S1. The van der Waals surface area contributed by atoms with Crippen molar-refractivity contribution in [1.82, 2.24) is 0 Å². The molecular formula is C8H9NS. The third-order valence-electron chi connectivity index (χ3n) is 1.69. The van der Waals surface area contributed by atoms with E-state index in [1.54, 1.807) is 0 Å². The first-order valence-corrected chi connectivity index (χ1v) is 4.27. The van der Waals surface area contributed by atoms with E-state index in [9.17, 15) is 0 Å². The topological polar surface area (TPSA) is 12.4 Å². The predicted octanol–water partition coefficient (Wildman–Crippen LogP) is 2.36. The molecule has 0 bridgehead atoms. The standard InChI is InChI=1S/C8H9NS/c1-6-9-7-4-2-3-5-8(7)10-6/h2-3,5,7H,4H2,1H3. The van der Waals surface area contributed by atoms with E-state index in [0.29, 0.717) is 6.04 Å². The molecule has 0 aromatic rings. The van der Waals surface area contributed by atoms with Gasteiger partial charge in [0, 0.05) is 4.91 Å². The third kappa shape index (κ3) is 0.926. The number of thioether (sulfide) groups is 1. The lowest BCUT2D eigenvalue weighted by atomic mass is 10.1. The minimum absolute atomic E-state index is 0.468. The fourth-order valence-corrected chi connectivity index (χ4v) is 2.18. The lowest BCUT2D eigenvalue weighted by Crippen LogP contribution is -2.01. The van der Waals surface area contributed by atoms with Crippen LogP contribution >= 0.6 is 11.8 Å². The maximum absolute atomic E-state index is 4.47. The number of rotatable bonds is 0. The normalized spacial score (nSPS) is 29.5. The zero-order valence-electron chi connectivity index (χ0n) is 5.87. The van der Waals surface area contributed by atoms with Crippen LogP contribution in [0.4, 0.5) is 0 Å². The highest BCUT2D eigenvalue weighted by molar-refractivity contribution is 8.17. The minimum atomic E-state index is 0.468. The minimum Gasteiger partial charge on any atom is -0.274 e. The Bertz CT molecular complexity index is 238. The van der Waals surface area contributed by atoms with E-state index in [1.165, 1.54) is 9.95 Å². The van der Waals surface area contributed by atoms with Crippen LogP contribution in [0.2, 0.25) is 0 Å². The number of nitrogens with zero attached hydrogens (tertiary/aromatic N) is 1.